The zero-order valence-corrected chi connectivity index (χ0v) is 8.48. The van der Waals surface area contributed by atoms with Gasteiger partial charge in [0.25, 0.3) is 0 Å². The standard InChI is InChI=1S/C11H11NO4/c13-7-10(8-14)11(6-12(15)16)9-4-2-1-3-5-9/h1-5,7-8,10-11H,6H2/t11-/m1/s1. The number of hydrogen-bond donors (Lipinski definition) is 0. The second-order valence-electron chi connectivity index (χ2n) is 3.38. The maximum absolute atomic E-state index is 10.7. The first-order valence-corrected chi connectivity index (χ1v) is 4.76. The van der Waals surface area contributed by atoms with Crippen molar-refractivity contribution in [3.63, 3.8) is 0 Å². The van der Waals surface area contributed by atoms with Crippen molar-refractivity contribution < 1.29 is 14.5 Å². The van der Waals surface area contributed by atoms with Crippen LogP contribution in [0.5, 0.6) is 0 Å². The Kier molecular flexibility index (Phi) is 4.32. The van der Waals surface area contributed by atoms with Crippen molar-refractivity contribution in [3.05, 3.63) is 46.0 Å². The van der Waals surface area contributed by atoms with Crippen molar-refractivity contribution in [2.45, 2.75) is 5.92 Å². The van der Waals surface area contributed by atoms with Crippen LogP contribution < -0.4 is 0 Å². The summed E-state index contributed by atoms with van der Waals surface area (Å²) in [7, 11) is 0. The number of carbonyl (C=O) groups is 2. The number of aldehydes is 2. The molecule has 0 saturated carbocycles. The van der Waals surface area contributed by atoms with E-state index in [-0.39, 0.29) is 0 Å². The van der Waals surface area contributed by atoms with Crippen molar-refractivity contribution in [2.75, 3.05) is 6.54 Å². The minimum Gasteiger partial charge on any atom is -0.303 e. The number of rotatable bonds is 6. The second kappa shape index (κ2) is 5.75. The van der Waals surface area contributed by atoms with Crippen LogP contribution in [-0.2, 0) is 9.59 Å². The summed E-state index contributed by atoms with van der Waals surface area (Å²) in [5, 5.41) is 10.5. The zero-order valence-electron chi connectivity index (χ0n) is 8.48. The van der Waals surface area contributed by atoms with Crippen LogP contribution in [0, 0.1) is 16.0 Å². The minimum atomic E-state index is -0.965. The number of nitrogens with zero attached hydrogens (tertiary/aromatic N) is 1. The third-order valence-corrected chi connectivity index (χ3v) is 2.35. The lowest BCUT2D eigenvalue weighted by molar-refractivity contribution is -0.484. The van der Waals surface area contributed by atoms with Crippen LogP contribution in [0.25, 0.3) is 0 Å². The molecule has 0 radical (unpaired) electrons. The lowest BCUT2D eigenvalue weighted by Crippen LogP contribution is -2.23. The molecule has 0 fully saturated rings. The fraction of sp³-hybridized carbons (Fsp3) is 0.273. The van der Waals surface area contributed by atoms with E-state index in [1.165, 1.54) is 0 Å². The van der Waals surface area contributed by atoms with Crippen molar-refractivity contribution in [3.8, 4) is 0 Å². The molecule has 0 aliphatic rings. The maximum Gasteiger partial charge on any atom is 0.211 e. The summed E-state index contributed by atoms with van der Waals surface area (Å²) in [6.07, 6.45) is 0.905. The van der Waals surface area contributed by atoms with Gasteiger partial charge in [-0.25, -0.2) is 0 Å². The molecule has 1 aromatic rings. The molecule has 0 heterocycles. The van der Waals surface area contributed by atoms with Crippen LogP contribution in [0.4, 0.5) is 0 Å². The molecule has 5 heteroatoms. The molecule has 0 bridgehead atoms. The van der Waals surface area contributed by atoms with Crippen LogP contribution in [0.1, 0.15) is 11.5 Å². The Morgan fingerprint density at radius 2 is 1.75 bits per heavy atom. The Balaban J connectivity index is 2.99. The number of carbonyl (C=O) groups excluding carboxylic acids is 2. The summed E-state index contributed by atoms with van der Waals surface area (Å²) in [6.45, 7) is -0.424. The Bertz CT molecular complexity index is 369. The Morgan fingerprint density at radius 1 is 1.19 bits per heavy atom. The van der Waals surface area contributed by atoms with Gasteiger partial charge in [-0.1, -0.05) is 30.3 Å². The van der Waals surface area contributed by atoms with Gasteiger partial charge in [0.1, 0.15) is 12.6 Å². The van der Waals surface area contributed by atoms with E-state index in [0.717, 1.165) is 0 Å². The molecule has 0 aromatic heterocycles. The number of benzene rings is 1. The molecular weight excluding hydrogens is 210 g/mol. The average Bonchev–Trinajstić information content (AvgIpc) is 2.30. The number of nitro groups is 1. The maximum atomic E-state index is 10.7. The summed E-state index contributed by atoms with van der Waals surface area (Å²) < 4.78 is 0. The third-order valence-electron chi connectivity index (χ3n) is 2.35. The minimum absolute atomic E-state index is 0.424. The largest absolute Gasteiger partial charge is 0.303 e. The molecule has 0 aliphatic heterocycles. The predicted molar refractivity (Wildman–Crippen MR) is 56.7 cm³/mol. The van der Waals surface area contributed by atoms with Gasteiger partial charge < -0.3 is 9.59 Å². The van der Waals surface area contributed by atoms with Crippen LogP contribution >= 0.6 is 0 Å². The molecule has 16 heavy (non-hydrogen) atoms. The molecule has 0 N–H and O–H groups in total. The fourth-order valence-electron chi connectivity index (χ4n) is 1.53. The topological polar surface area (TPSA) is 77.3 Å². The van der Waals surface area contributed by atoms with E-state index in [4.69, 9.17) is 0 Å². The van der Waals surface area contributed by atoms with Gasteiger partial charge in [-0.05, 0) is 5.56 Å². The van der Waals surface area contributed by atoms with Gasteiger partial charge in [0, 0.05) is 4.92 Å². The first-order chi connectivity index (χ1) is 7.69. The van der Waals surface area contributed by atoms with E-state index < -0.39 is 23.3 Å². The summed E-state index contributed by atoms with van der Waals surface area (Å²) >= 11 is 0. The third kappa shape index (κ3) is 2.98. The van der Waals surface area contributed by atoms with Gasteiger partial charge in [-0.3, -0.25) is 10.1 Å². The highest BCUT2D eigenvalue weighted by molar-refractivity contribution is 5.79. The molecule has 0 spiro atoms. The molecule has 84 valence electrons. The van der Waals surface area contributed by atoms with E-state index in [2.05, 4.69) is 0 Å². The molecule has 0 aliphatic carbocycles. The van der Waals surface area contributed by atoms with Crippen LogP contribution in [0.15, 0.2) is 30.3 Å². The van der Waals surface area contributed by atoms with Gasteiger partial charge >= 0.3 is 0 Å². The Morgan fingerprint density at radius 3 is 2.19 bits per heavy atom. The summed E-state index contributed by atoms with van der Waals surface area (Å²) in [5.41, 5.74) is 0.628. The molecule has 0 saturated heterocycles. The van der Waals surface area contributed by atoms with E-state index in [9.17, 15) is 19.7 Å². The highest BCUT2D eigenvalue weighted by Crippen LogP contribution is 2.22. The fourth-order valence-corrected chi connectivity index (χ4v) is 1.53. The smallest absolute Gasteiger partial charge is 0.211 e. The molecular formula is C11H11NO4. The van der Waals surface area contributed by atoms with Crippen molar-refractivity contribution in [1.29, 1.82) is 0 Å². The highest BCUT2D eigenvalue weighted by Gasteiger charge is 2.27. The Hall–Kier alpha value is -2.04. The number of hydrogen-bond acceptors (Lipinski definition) is 4. The lowest BCUT2D eigenvalue weighted by Gasteiger charge is -2.14. The zero-order chi connectivity index (χ0) is 12.0. The van der Waals surface area contributed by atoms with E-state index in [1.807, 2.05) is 0 Å². The first-order valence-electron chi connectivity index (χ1n) is 4.76. The van der Waals surface area contributed by atoms with Crippen LogP contribution in [0.3, 0.4) is 0 Å². The van der Waals surface area contributed by atoms with Gasteiger partial charge in [-0.2, -0.15) is 0 Å². The molecule has 1 atom stereocenters. The molecule has 1 aromatic carbocycles. The monoisotopic (exact) mass is 221 g/mol. The van der Waals surface area contributed by atoms with Gasteiger partial charge in [0.2, 0.25) is 6.54 Å². The quantitative estimate of drug-likeness (QED) is 0.311. The van der Waals surface area contributed by atoms with E-state index >= 15 is 0 Å². The second-order valence-corrected chi connectivity index (χ2v) is 3.38. The SMILES string of the molecule is O=CC(C=O)[C@H](C[N+](=O)[O-])c1ccccc1. The predicted octanol–water partition coefficient (Wildman–Crippen LogP) is 1.06. The van der Waals surface area contributed by atoms with E-state index in [0.29, 0.717) is 18.1 Å². The van der Waals surface area contributed by atoms with Gasteiger partial charge in [0.15, 0.2) is 0 Å². The van der Waals surface area contributed by atoms with E-state index in [1.54, 1.807) is 30.3 Å². The first kappa shape index (κ1) is 12.0. The van der Waals surface area contributed by atoms with Crippen LogP contribution in [0.2, 0.25) is 0 Å². The normalized spacial score (nSPS) is 12.1. The van der Waals surface area contributed by atoms with Crippen molar-refractivity contribution in [2.24, 2.45) is 5.92 Å². The lowest BCUT2D eigenvalue weighted by atomic mass is 9.88. The molecule has 5 nitrogen and oxygen atoms in total. The molecule has 0 amide bonds. The summed E-state index contributed by atoms with van der Waals surface area (Å²) in [6, 6.07) is 8.55. The van der Waals surface area contributed by atoms with Crippen molar-refractivity contribution in [1.82, 2.24) is 0 Å². The van der Waals surface area contributed by atoms with Gasteiger partial charge in [-0.15, -0.1) is 0 Å². The van der Waals surface area contributed by atoms with Crippen molar-refractivity contribution >= 4 is 12.6 Å². The Labute approximate surface area is 92.2 Å². The van der Waals surface area contributed by atoms with Crippen LogP contribution in [-0.4, -0.2) is 24.0 Å². The highest BCUT2D eigenvalue weighted by atomic mass is 16.6. The molecule has 0 unspecified atom stereocenters. The average molecular weight is 221 g/mol. The van der Waals surface area contributed by atoms with Gasteiger partial charge in [0.05, 0.1) is 11.8 Å². The summed E-state index contributed by atoms with van der Waals surface area (Å²) in [5.74, 6) is -1.65. The summed E-state index contributed by atoms with van der Waals surface area (Å²) in [4.78, 5) is 31.3. The molecule has 1 rings (SSSR count).